The molecular weight excluding hydrogens is 288 g/mol. The van der Waals surface area contributed by atoms with Crippen molar-refractivity contribution in [1.29, 1.82) is 0 Å². The van der Waals surface area contributed by atoms with Crippen LogP contribution in [0.4, 0.5) is 5.69 Å². The molecule has 0 unspecified atom stereocenters. The smallest absolute Gasteiger partial charge is 0.220 e. The van der Waals surface area contributed by atoms with E-state index < -0.39 is 0 Å². The van der Waals surface area contributed by atoms with Gasteiger partial charge >= 0.3 is 0 Å². The zero-order chi connectivity index (χ0) is 16.7. The number of hydrogen-bond donors (Lipinski definition) is 1. The van der Waals surface area contributed by atoms with Gasteiger partial charge in [-0.25, -0.2) is 0 Å². The third-order valence-corrected chi connectivity index (χ3v) is 3.62. The highest BCUT2D eigenvalue weighted by Gasteiger charge is 2.08. The number of anilines is 1. The summed E-state index contributed by atoms with van der Waals surface area (Å²) in [5, 5.41) is 2.85. The minimum Gasteiger partial charge on any atom is -0.378 e. The summed E-state index contributed by atoms with van der Waals surface area (Å²) < 4.78 is 0. The summed E-state index contributed by atoms with van der Waals surface area (Å²) in [6.07, 6.45) is 0.443. The lowest BCUT2D eigenvalue weighted by Crippen LogP contribution is -2.23. The number of benzene rings is 2. The lowest BCUT2D eigenvalue weighted by molar-refractivity contribution is -0.121. The molecule has 4 nitrogen and oxygen atoms in total. The summed E-state index contributed by atoms with van der Waals surface area (Å²) in [5.41, 5.74) is 2.81. The molecule has 0 saturated heterocycles. The Morgan fingerprint density at radius 1 is 0.913 bits per heavy atom. The molecule has 0 fully saturated rings. The first-order chi connectivity index (χ1) is 11.1. The molecule has 0 aliphatic carbocycles. The summed E-state index contributed by atoms with van der Waals surface area (Å²) in [6, 6.07) is 17.1. The van der Waals surface area contributed by atoms with Crippen LogP contribution in [0, 0.1) is 0 Å². The molecule has 2 aromatic rings. The van der Waals surface area contributed by atoms with Gasteiger partial charge in [-0.05, 0) is 17.7 Å². The molecule has 0 saturated carbocycles. The maximum absolute atomic E-state index is 11.9. The second-order valence-corrected chi connectivity index (χ2v) is 5.63. The molecule has 0 bridgehead atoms. The first-order valence-electron chi connectivity index (χ1n) is 7.67. The standard InChI is InChI=1S/C19H22N2O2/c1-21(2)17-10-8-15(9-11-17)14-20-19(23)13-12-18(22)16-6-4-3-5-7-16/h3-11H,12-14H2,1-2H3,(H,20,23). The van der Waals surface area contributed by atoms with Gasteiger partial charge in [0.05, 0.1) is 0 Å². The minimum atomic E-state index is -0.106. The highest BCUT2D eigenvalue weighted by Crippen LogP contribution is 2.12. The summed E-state index contributed by atoms with van der Waals surface area (Å²) in [4.78, 5) is 25.8. The number of ketones is 1. The fourth-order valence-corrected chi connectivity index (χ4v) is 2.20. The van der Waals surface area contributed by atoms with Crippen LogP contribution in [0.2, 0.25) is 0 Å². The fourth-order valence-electron chi connectivity index (χ4n) is 2.20. The molecule has 0 atom stereocenters. The highest BCUT2D eigenvalue weighted by molar-refractivity contribution is 5.97. The summed E-state index contributed by atoms with van der Waals surface area (Å²) in [7, 11) is 3.97. The van der Waals surface area contributed by atoms with Gasteiger partial charge in [-0.2, -0.15) is 0 Å². The van der Waals surface area contributed by atoms with Gasteiger partial charge in [0, 0.05) is 44.7 Å². The first kappa shape index (κ1) is 16.7. The van der Waals surface area contributed by atoms with Crippen LogP contribution in [0.5, 0.6) is 0 Å². The Morgan fingerprint density at radius 3 is 2.17 bits per heavy atom. The van der Waals surface area contributed by atoms with Crippen LogP contribution in [0.25, 0.3) is 0 Å². The molecule has 0 radical (unpaired) electrons. The monoisotopic (exact) mass is 310 g/mol. The molecule has 0 aromatic heterocycles. The van der Waals surface area contributed by atoms with E-state index in [0.717, 1.165) is 11.3 Å². The van der Waals surface area contributed by atoms with Crippen molar-refractivity contribution in [2.24, 2.45) is 0 Å². The summed E-state index contributed by atoms with van der Waals surface area (Å²) in [6.45, 7) is 0.478. The van der Waals surface area contributed by atoms with Crippen LogP contribution in [-0.2, 0) is 11.3 Å². The summed E-state index contributed by atoms with van der Waals surface area (Å²) >= 11 is 0. The Kier molecular flexibility index (Phi) is 5.92. The Labute approximate surface area is 137 Å². The number of carbonyl (C=O) groups excluding carboxylic acids is 2. The van der Waals surface area contributed by atoms with Gasteiger partial charge in [0.1, 0.15) is 0 Å². The van der Waals surface area contributed by atoms with Gasteiger partial charge in [-0.15, -0.1) is 0 Å². The zero-order valence-electron chi connectivity index (χ0n) is 13.6. The van der Waals surface area contributed by atoms with Crippen molar-refractivity contribution in [3.8, 4) is 0 Å². The largest absolute Gasteiger partial charge is 0.378 e. The van der Waals surface area contributed by atoms with Gasteiger partial charge in [0.25, 0.3) is 0 Å². The van der Waals surface area contributed by atoms with Crippen LogP contribution < -0.4 is 10.2 Å². The SMILES string of the molecule is CN(C)c1ccc(CNC(=O)CCC(=O)c2ccccc2)cc1. The lowest BCUT2D eigenvalue weighted by atomic mass is 10.1. The number of Topliss-reactive ketones (excluding diaryl/α,β-unsaturated/α-hetero) is 1. The van der Waals surface area contributed by atoms with Gasteiger partial charge in [0.2, 0.25) is 5.91 Å². The Balaban J connectivity index is 1.76. The predicted octanol–water partition coefficient (Wildman–Crippen LogP) is 3.03. The van der Waals surface area contributed by atoms with Gasteiger partial charge in [-0.1, -0.05) is 42.5 Å². The maximum Gasteiger partial charge on any atom is 0.220 e. The van der Waals surface area contributed by atoms with Gasteiger partial charge < -0.3 is 10.2 Å². The molecular formula is C19H22N2O2. The van der Waals surface area contributed by atoms with Crippen molar-refractivity contribution >= 4 is 17.4 Å². The molecule has 4 heteroatoms. The molecule has 120 valence electrons. The molecule has 1 N–H and O–H groups in total. The molecule has 1 amide bonds. The van der Waals surface area contributed by atoms with Crippen molar-refractivity contribution < 1.29 is 9.59 Å². The Hall–Kier alpha value is -2.62. The van der Waals surface area contributed by atoms with Crippen LogP contribution >= 0.6 is 0 Å². The van der Waals surface area contributed by atoms with Crippen molar-refractivity contribution in [2.45, 2.75) is 19.4 Å². The van der Waals surface area contributed by atoms with E-state index >= 15 is 0 Å². The Morgan fingerprint density at radius 2 is 1.57 bits per heavy atom. The van der Waals surface area contributed by atoms with Crippen LogP contribution in [-0.4, -0.2) is 25.8 Å². The normalized spacial score (nSPS) is 10.2. The van der Waals surface area contributed by atoms with E-state index in [1.54, 1.807) is 12.1 Å². The van der Waals surface area contributed by atoms with Crippen molar-refractivity contribution in [3.05, 3.63) is 65.7 Å². The summed E-state index contributed by atoms with van der Waals surface area (Å²) in [5.74, 6) is -0.109. The molecule has 0 aliphatic heterocycles. The number of nitrogens with one attached hydrogen (secondary N) is 1. The third-order valence-electron chi connectivity index (χ3n) is 3.62. The van der Waals surface area contributed by atoms with E-state index in [9.17, 15) is 9.59 Å². The molecule has 23 heavy (non-hydrogen) atoms. The lowest BCUT2D eigenvalue weighted by Gasteiger charge is -2.12. The fraction of sp³-hybridized carbons (Fsp3) is 0.263. The number of hydrogen-bond acceptors (Lipinski definition) is 3. The van der Waals surface area contributed by atoms with Crippen molar-refractivity contribution in [3.63, 3.8) is 0 Å². The third kappa shape index (κ3) is 5.25. The number of rotatable bonds is 7. The van der Waals surface area contributed by atoms with Crippen LogP contribution in [0.3, 0.4) is 0 Å². The van der Waals surface area contributed by atoms with Crippen LogP contribution in [0.15, 0.2) is 54.6 Å². The van der Waals surface area contributed by atoms with E-state index in [2.05, 4.69) is 5.32 Å². The van der Waals surface area contributed by atoms with Gasteiger partial charge in [0.15, 0.2) is 5.78 Å². The van der Waals surface area contributed by atoms with E-state index in [-0.39, 0.29) is 24.5 Å². The zero-order valence-corrected chi connectivity index (χ0v) is 13.6. The van der Waals surface area contributed by atoms with E-state index in [0.29, 0.717) is 12.1 Å². The van der Waals surface area contributed by atoms with E-state index in [1.807, 2.05) is 61.5 Å². The van der Waals surface area contributed by atoms with Crippen molar-refractivity contribution in [1.82, 2.24) is 5.32 Å². The topological polar surface area (TPSA) is 49.4 Å². The molecule has 2 aromatic carbocycles. The molecule has 0 aliphatic rings. The molecule has 0 heterocycles. The molecule has 0 spiro atoms. The maximum atomic E-state index is 11.9. The molecule has 2 rings (SSSR count). The predicted molar refractivity (Wildman–Crippen MR) is 92.6 cm³/mol. The van der Waals surface area contributed by atoms with E-state index in [4.69, 9.17) is 0 Å². The van der Waals surface area contributed by atoms with Gasteiger partial charge in [-0.3, -0.25) is 9.59 Å². The number of carbonyl (C=O) groups is 2. The second kappa shape index (κ2) is 8.13. The highest BCUT2D eigenvalue weighted by atomic mass is 16.2. The number of nitrogens with zero attached hydrogens (tertiary/aromatic N) is 1. The minimum absolute atomic E-state index is 0.00362. The Bertz CT molecular complexity index is 649. The van der Waals surface area contributed by atoms with Crippen molar-refractivity contribution in [2.75, 3.05) is 19.0 Å². The average molecular weight is 310 g/mol. The second-order valence-electron chi connectivity index (χ2n) is 5.63. The van der Waals surface area contributed by atoms with Crippen LogP contribution in [0.1, 0.15) is 28.8 Å². The first-order valence-corrected chi connectivity index (χ1v) is 7.67. The average Bonchev–Trinajstić information content (AvgIpc) is 2.59. The van der Waals surface area contributed by atoms with E-state index in [1.165, 1.54) is 0 Å². The quantitative estimate of drug-likeness (QED) is 0.800. The number of amides is 1.